The molecule has 2 aromatic heterocycles. The third-order valence-corrected chi connectivity index (χ3v) is 7.33. The number of aromatic nitrogens is 2. The maximum atomic E-state index is 12.9. The van der Waals surface area contributed by atoms with Crippen molar-refractivity contribution in [3.63, 3.8) is 0 Å². The number of pyridine rings is 2. The molecule has 0 bridgehead atoms. The SMILES string of the molecule is O=CN(O)C(CCc1ccccn1)CS(=O)(=O)N1CCN(c2ccc(C(F)(F)F)cn2)CC1. The number of amides is 1. The molecule has 0 aromatic carbocycles. The first kappa shape index (κ1) is 24.9. The zero-order valence-corrected chi connectivity index (χ0v) is 18.4. The number of sulfonamides is 1. The number of hydrogen-bond donors (Lipinski definition) is 1. The van der Waals surface area contributed by atoms with E-state index in [-0.39, 0.29) is 39.0 Å². The van der Waals surface area contributed by atoms with Gasteiger partial charge >= 0.3 is 6.18 Å². The Morgan fingerprint density at radius 2 is 1.85 bits per heavy atom. The Kier molecular flexibility index (Phi) is 7.87. The van der Waals surface area contributed by atoms with Gasteiger partial charge in [0, 0.05) is 44.3 Å². The molecule has 3 rings (SSSR count). The van der Waals surface area contributed by atoms with Crippen molar-refractivity contribution in [3.05, 3.63) is 54.0 Å². The molecule has 2 aromatic rings. The van der Waals surface area contributed by atoms with Crippen LogP contribution in [0.3, 0.4) is 0 Å². The summed E-state index contributed by atoms with van der Waals surface area (Å²) >= 11 is 0. The van der Waals surface area contributed by atoms with Gasteiger partial charge < -0.3 is 4.90 Å². The smallest absolute Gasteiger partial charge is 0.354 e. The zero-order chi connectivity index (χ0) is 24.1. The molecule has 1 atom stereocenters. The lowest BCUT2D eigenvalue weighted by atomic mass is 10.1. The fraction of sp³-hybridized carbons (Fsp3) is 0.450. The first-order chi connectivity index (χ1) is 15.6. The van der Waals surface area contributed by atoms with E-state index in [1.807, 2.05) is 0 Å². The van der Waals surface area contributed by atoms with Crippen molar-refractivity contribution in [1.29, 1.82) is 0 Å². The normalized spacial score (nSPS) is 16.4. The molecule has 0 spiro atoms. The van der Waals surface area contributed by atoms with Crippen LogP contribution >= 0.6 is 0 Å². The predicted octanol–water partition coefficient (Wildman–Crippen LogP) is 1.80. The lowest BCUT2D eigenvalue weighted by Gasteiger charge is -2.35. The Morgan fingerprint density at radius 3 is 2.39 bits per heavy atom. The number of aryl methyl sites for hydroxylation is 1. The average molecular weight is 488 g/mol. The lowest BCUT2D eigenvalue weighted by Crippen LogP contribution is -2.51. The van der Waals surface area contributed by atoms with Gasteiger partial charge in [0.05, 0.1) is 17.4 Å². The molecule has 1 fully saturated rings. The second-order valence-corrected chi connectivity index (χ2v) is 9.58. The minimum atomic E-state index is -4.48. The van der Waals surface area contributed by atoms with Crippen LogP contribution in [0.5, 0.6) is 0 Å². The standard InChI is InChI=1S/C20H24F3N5O4S/c21-20(22,23)16-4-7-19(25-13-16)26-9-11-27(12-10-26)33(31,32)14-18(28(30)15-29)6-5-17-3-1-2-8-24-17/h1-4,7-8,13,15,18,30H,5-6,9-12,14H2. The Hall–Kier alpha value is -2.77. The molecular formula is C20H24F3N5O4S. The summed E-state index contributed by atoms with van der Waals surface area (Å²) in [6, 6.07) is 6.54. The summed E-state index contributed by atoms with van der Waals surface area (Å²) in [5.74, 6) is -0.135. The van der Waals surface area contributed by atoms with Gasteiger partial charge in [-0.25, -0.2) is 18.5 Å². The van der Waals surface area contributed by atoms with Gasteiger partial charge in [-0.2, -0.15) is 17.5 Å². The lowest BCUT2D eigenvalue weighted by molar-refractivity contribution is -0.158. The fourth-order valence-corrected chi connectivity index (χ4v) is 5.26. The van der Waals surface area contributed by atoms with Crippen molar-refractivity contribution >= 4 is 22.3 Å². The molecule has 1 aliphatic heterocycles. The number of hydrogen-bond acceptors (Lipinski definition) is 7. The van der Waals surface area contributed by atoms with Crippen LogP contribution in [-0.2, 0) is 27.4 Å². The molecule has 0 saturated carbocycles. The van der Waals surface area contributed by atoms with Gasteiger partial charge in [0.15, 0.2) is 0 Å². The van der Waals surface area contributed by atoms with Gasteiger partial charge in [-0.05, 0) is 37.1 Å². The van der Waals surface area contributed by atoms with Crippen LogP contribution in [0, 0.1) is 0 Å². The molecule has 1 saturated heterocycles. The van der Waals surface area contributed by atoms with Crippen molar-refractivity contribution in [1.82, 2.24) is 19.3 Å². The van der Waals surface area contributed by atoms with Crippen LogP contribution in [0.2, 0.25) is 0 Å². The van der Waals surface area contributed by atoms with Crippen LogP contribution in [0.4, 0.5) is 19.0 Å². The van der Waals surface area contributed by atoms with E-state index in [0.29, 0.717) is 23.0 Å². The molecule has 0 aliphatic carbocycles. The summed E-state index contributed by atoms with van der Waals surface area (Å²) < 4.78 is 65.2. The summed E-state index contributed by atoms with van der Waals surface area (Å²) in [5.41, 5.74) is -0.148. The predicted molar refractivity (Wildman–Crippen MR) is 113 cm³/mol. The van der Waals surface area contributed by atoms with Crippen molar-refractivity contribution in [3.8, 4) is 0 Å². The highest BCUT2D eigenvalue weighted by atomic mass is 32.2. The highest BCUT2D eigenvalue weighted by Gasteiger charge is 2.33. The molecule has 1 N–H and O–H groups in total. The number of piperazine rings is 1. The van der Waals surface area contributed by atoms with Crippen LogP contribution in [0.1, 0.15) is 17.7 Å². The summed E-state index contributed by atoms with van der Waals surface area (Å²) in [6.07, 6.45) is -1.39. The fourth-order valence-electron chi connectivity index (χ4n) is 3.52. The minimum absolute atomic E-state index is 0.102. The molecular weight excluding hydrogens is 463 g/mol. The molecule has 1 unspecified atom stereocenters. The highest BCUT2D eigenvalue weighted by molar-refractivity contribution is 7.89. The van der Waals surface area contributed by atoms with Crippen molar-refractivity contribution in [2.75, 3.05) is 36.8 Å². The maximum Gasteiger partial charge on any atom is 0.417 e. The Bertz CT molecular complexity index is 1010. The van der Waals surface area contributed by atoms with Gasteiger partial charge in [0.1, 0.15) is 5.82 Å². The third kappa shape index (κ3) is 6.62. The van der Waals surface area contributed by atoms with Gasteiger partial charge in [0.25, 0.3) is 0 Å². The van der Waals surface area contributed by atoms with E-state index >= 15 is 0 Å². The van der Waals surface area contributed by atoms with E-state index < -0.39 is 33.6 Å². The van der Waals surface area contributed by atoms with Gasteiger partial charge in [-0.3, -0.25) is 15.0 Å². The van der Waals surface area contributed by atoms with E-state index in [1.54, 1.807) is 29.3 Å². The molecule has 13 heteroatoms. The van der Waals surface area contributed by atoms with Crippen molar-refractivity contribution < 1.29 is 31.6 Å². The molecule has 0 radical (unpaired) electrons. The van der Waals surface area contributed by atoms with Crippen LogP contribution in [0.25, 0.3) is 0 Å². The first-order valence-corrected chi connectivity index (χ1v) is 11.8. The van der Waals surface area contributed by atoms with E-state index in [9.17, 15) is 31.6 Å². The molecule has 33 heavy (non-hydrogen) atoms. The molecule has 3 heterocycles. The second-order valence-electron chi connectivity index (χ2n) is 7.57. The molecule has 9 nitrogen and oxygen atoms in total. The monoisotopic (exact) mass is 487 g/mol. The Morgan fingerprint density at radius 1 is 1.12 bits per heavy atom. The quantitative estimate of drug-likeness (QED) is 0.327. The summed E-state index contributed by atoms with van der Waals surface area (Å²) in [6.45, 7) is 0.689. The van der Waals surface area contributed by atoms with E-state index in [2.05, 4.69) is 9.97 Å². The van der Waals surface area contributed by atoms with Crippen LogP contribution < -0.4 is 4.90 Å². The topological polar surface area (TPSA) is 107 Å². The molecule has 180 valence electrons. The molecule has 1 aliphatic rings. The maximum absolute atomic E-state index is 12.9. The summed E-state index contributed by atoms with van der Waals surface area (Å²) in [7, 11) is -3.82. The first-order valence-electron chi connectivity index (χ1n) is 10.2. The molecule has 1 amide bonds. The van der Waals surface area contributed by atoms with Gasteiger partial charge in [-0.1, -0.05) is 6.07 Å². The van der Waals surface area contributed by atoms with E-state index in [1.165, 1.54) is 10.4 Å². The number of alkyl halides is 3. The van der Waals surface area contributed by atoms with Gasteiger partial charge in [0.2, 0.25) is 16.4 Å². The van der Waals surface area contributed by atoms with E-state index in [4.69, 9.17) is 0 Å². The van der Waals surface area contributed by atoms with Gasteiger partial charge in [-0.15, -0.1) is 0 Å². The summed E-state index contributed by atoms with van der Waals surface area (Å²) in [4.78, 5) is 20.8. The van der Waals surface area contributed by atoms with Crippen LogP contribution in [-0.4, -0.2) is 77.3 Å². The van der Waals surface area contributed by atoms with Crippen molar-refractivity contribution in [2.45, 2.75) is 25.1 Å². The largest absolute Gasteiger partial charge is 0.417 e. The average Bonchev–Trinajstić information content (AvgIpc) is 2.81. The van der Waals surface area contributed by atoms with Crippen LogP contribution in [0.15, 0.2) is 42.7 Å². The number of carbonyl (C=O) groups is 1. The third-order valence-electron chi connectivity index (χ3n) is 5.38. The summed E-state index contributed by atoms with van der Waals surface area (Å²) in [5, 5.41) is 10.3. The van der Waals surface area contributed by atoms with E-state index in [0.717, 1.165) is 12.3 Å². The van der Waals surface area contributed by atoms with Crippen molar-refractivity contribution in [2.24, 2.45) is 0 Å². The number of anilines is 1. The number of halogens is 3. The Balaban J connectivity index is 1.59. The number of carbonyl (C=O) groups excluding carboxylic acids is 1. The number of hydroxylamine groups is 2. The highest BCUT2D eigenvalue weighted by Crippen LogP contribution is 2.29. The number of rotatable bonds is 9. The second kappa shape index (κ2) is 10.4. The number of nitrogens with zero attached hydrogens (tertiary/aromatic N) is 5. The Labute approximate surface area is 189 Å². The zero-order valence-electron chi connectivity index (χ0n) is 17.6. The minimum Gasteiger partial charge on any atom is -0.354 e.